The lowest BCUT2D eigenvalue weighted by Crippen LogP contribution is -2.56. The summed E-state index contributed by atoms with van der Waals surface area (Å²) in [6, 6.07) is 1.47. The van der Waals surface area contributed by atoms with Crippen molar-refractivity contribution in [3.05, 3.63) is 0 Å². The third kappa shape index (κ3) is 4.10. The molecule has 2 N–H and O–H groups in total. The van der Waals surface area contributed by atoms with Crippen molar-refractivity contribution in [2.75, 3.05) is 45.2 Å². The first kappa shape index (κ1) is 15.6. The van der Waals surface area contributed by atoms with Crippen molar-refractivity contribution in [3.63, 3.8) is 0 Å². The number of hydrogen-bond donors (Lipinski definition) is 1. The Morgan fingerprint density at radius 2 is 2.16 bits per heavy atom. The van der Waals surface area contributed by atoms with Crippen LogP contribution >= 0.6 is 11.8 Å². The van der Waals surface area contributed by atoms with E-state index in [-0.39, 0.29) is 0 Å². The van der Waals surface area contributed by atoms with Gasteiger partial charge in [-0.05, 0) is 70.2 Å². The third-order valence-electron chi connectivity index (χ3n) is 5.05. The second-order valence-corrected chi connectivity index (χ2v) is 7.24. The molecule has 2 saturated heterocycles. The zero-order chi connectivity index (χ0) is 13.7. The molecule has 2 fully saturated rings. The van der Waals surface area contributed by atoms with Crippen LogP contribution in [0.5, 0.6) is 0 Å². The monoisotopic (exact) mass is 285 g/mol. The quantitative estimate of drug-likeness (QED) is 0.755. The molecule has 0 amide bonds. The maximum atomic E-state index is 6.02. The molecular formula is C15H31N3S. The van der Waals surface area contributed by atoms with Crippen LogP contribution in [0.15, 0.2) is 0 Å². The molecule has 0 bridgehead atoms. The highest BCUT2D eigenvalue weighted by molar-refractivity contribution is 7.98. The van der Waals surface area contributed by atoms with E-state index in [0.29, 0.717) is 6.04 Å². The first-order valence-corrected chi connectivity index (χ1v) is 9.29. The van der Waals surface area contributed by atoms with Crippen LogP contribution < -0.4 is 5.73 Å². The van der Waals surface area contributed by atoms with Gasteiger partial charge in [-0.25, -0.2) is 0 Å². The van der Waals surface area contributed by atoms with Crippen LogP contribution in [0.3, 0.4) is 0 Å². The second kappa shape index (κ2) is 7.87. The Bertz CT molecular complexity index is 262. The molecule has 3 atom stereocenters. The highest BCUT2D eigenvalue weighted by atomic mass is 32.2. The lowest BCUT2D eigenvalue weighted by Gasteiger charge is -2.48. The molecule has 19 heavy (non-hydrogen) atoms. The van der Waals surface area contributed by atoms with Gasteiger partial charge in [0.2, 0.25) is 0 Å². The Hall–Kier alpha value is 0.230. The molecule has 2 aliphatic rings. The van der Waals surface area contributed by atoms with E-state index in [9.17, 15) is 0 Å². The van der Waals surface area contributed by atoms with E-state index in [1.807, 2.05) is 11.8 Å². The third-order valence-corrected chi connectivity index (χ3v) is 5.75. The van der Waals surface area contributed by atoms with Crippen molar-refractivity contribution >= 4 is 11.8 Å². The molecule has 3 unspecified atom stereocenters. The highest BCUT2D eigenvalue weighted by Gasteiger charge is 2.35. The smallest absolute Gasteiger partial charge is 0.0218 e. The van der Waals surface area contributed by atoms with Crippen molar-refractivity contribution in [3.8, 4) is 0 Å². The summed E-state index contributed by atoms with van der Waals surface area (Å²) in [5.74, 6) is 2.17. The van der Waals surface area contributed by atoms with Gasteiger partial charge >= 0.3 is 0 Å². The van der Waals surface area contributed by atoms with Crippen molar-refractivity contribution in [1.29, 1.82) is 0 Å². The minimum Gasteiger partial charge on any atom is -0.329 e. The van der Waals surface area contributed by atoms with Crippen LogP contribution in [0, 0.1) is 5.92 Å². The molecule has 0 aromatic rings. The van der Waals surface area contributed by atoms with Crippen LogP contribution in [0.4, 0.5) is 0 Å². The van der Waals surface area contributed by atoms with Crippen LogP contribution in [0.25, 0.3) is 0 Å². The van der Waals surface area contributed by atoms with Gasteiger partial charge in [0.1, 0.15) is 0 Å². The van der Waals surface area contributed by atoms with Crippen LogP contribution in [-0.4, -0.2) is 67.1 Å². The van der Waals surface area contributed by atoms with Gasteiger partial charge in [0, 0.05) is 25.2 Å². The predicted octanol–water partition coefficient (Wildman–Crippen LogP) is 1.87. The van der Waals surface area contributed by atoms with E-state index >= 15 is 0 Å². The number of piperidine rings is 2. The number of fused-ring (bicyclic) bond motifs is 1. The number of nitrogens with two attached hydrogens (primary N) is 1. The molecule has 2 aliphatic heterocycles. The van der Waals surface area contributed by atoms with Gasteiger partial charge in [0.05, 0.1) is 0 Å². The molecule has 0 saturated carbocycles. The minimum absolute atomic E-state index is 0.625. The van der Waals surface area contributed by atoms with E-state index in [2.05, 4.69) is 23.1 Å². The van der Waals surface area contributed by atoms with Crippen LogP contribution in [0.2, 0.25) is 0 Å². The summed E-state index contributed by atoms with van der Waals surface area (Å²) in [6.45, 7) is 4.68. The summed E-state index contributed by atoms with van der Waals surface area (Å²) < 4.78 is 0. The van der Waals surface area contributed by atoms with Crippen molar-refractivity contribution in [2.24, 2.45) is 11.7 Å². The maximum Gasteiger partial charge on any atom is 0.0218 e. The average Bonchev–Trinajstić information content (AvgIpc) is 2.44. The zero-order valence-electron chi connectivity index (χ0n) is 12.7. The Balaban J connectivity index is 1.84. The number of thioether (sulfide) groups is 1. The van der Waals surface area contributed by atoms with Crippen LogP contribution in [-0.2, 0) is 0 Å². The summed E-state index contributed by atoms with van der Waals surface area (Å²) in [4.78, 5) is 5.29. The first-order chi connectivity index (χ1) is 9.26. The first-order valence-electron chi connectivity index (χ1n) is 7.89. The molecule has 0 radical (unpaired) electrons. The molecule has 0 spiro atoms. The fraction of sp³-hybridized carbons (Fsp3) is 1.00. The topological polar surface area (TPSA) is 32.5 Å². The van der Waals surface area contributed by atoms with Gasteiger partial charge in [-0.3, -0.25) is 4.90 Å². The summed E-state index contributed by atoms with van der Waals surface area (Å²) in [5.41, 5.74) is 6.02. The average molecular weight is 286 g/mol. The molecule has 4 heteroatoms. The van der Waals surface area contributed by atoms with Gasteiger partial charge < -0.3 is 10.6 Å². The summed E-state index contributed by atoms with van der Waals surface area (Å²) in [5, 5.41) is 0. The van der Waals surface area contributed by atoms with Gasteiger partial charge in [-0.1, -0.05) is 0 Å². The Morgan fingerprint density at radius 3 is 2.89 bits per heavy atom. The number of nitrogens with zero attached hydrogens (tertiary/aromatic N) is 2. The van der Waals surface area contributed by atoms with Gasteiger partial charge in [-0.15, -0.1) is 0 Å². The molecule has 3 nitrogen and oxygen atoms in total. The van der Waals surface area contributed by atoms with E-state index in [1.165, 1.54) is 57.5 Å². The normalized spacial score (nSPS) is 31.1. The van der Waals surface area contributed by atoms with Gasteiger partial charge in [0.25, 0.3) is 0 Å². The summed E-state index contributed by atoms with van der Waals surface area (Å²) in [7, 11) is 2.31. The molecular weight excluding hydrogens is 254 g/mol. The fourth-order valence-corrected chi connectivity index (χ4v) is 4.38. The number of rotatable bonds is 6. The molecule has 0 aliphatic carbocycles. The van der Waals surface area contributed by atoms with Crippen LogP contribution in [0.1, 0.15) is 32.1 Å². The van der Waals surface area contributed by atoms with Crippen molar-refractivity contribution < 1.29 is 0 Å². The SMILES string of the molecule is CSCCCC(CN)N1CCC2C(CCCN2C)C1. The highest BCUT2D eigenvalue weighted by Crippen LogP contribution is 2.30. The summed E-state index contributed by atoms with van der Waals surface area (Å²) >= 11 is 1.95. The molecule has 112 valence electrons. The maximum absolute atomic E-state index is 6.02. The molecule has 0 aromatic heterocycles. The molecule has 2 rings (SSSR count). The second-order valence-electron chi connectivity index (χ2n) is 6.26. The van der Waals surface area contributed by atoms with Gasteiger partial charge in [-0.2, -0.15) is 11.8 Å². The molecule has 2 heterocycles. The lowest BCUT2D eigenvalue weighted by atomic mass is 9.83. The van der Waals surface area contributed by atoms with E-state index in [4.69, 9.17) is 5.73 Å². The predicted molar refractivity (Wildman–Crippen MR) is 85.8 cm³/mol. The Labute approximate surface area is 123 Å². The summed E-state index contributed by atoms with van der Waals surface area (Å²) in [6.07, 6.45) is 8.94. The van der Waals surface area contributed by atoms with Crippen molar-refractivity contribution in [1.82, 2.24) is 9.80 Å². The Kier molecular flexibility index (Phi) is 6.46. The number of likely N-dealkylation sites (tertiary alicyclic amines) is 2. The van der Waals surface area contributed by atoms with Gasteiger partial charge in [0.15, 0.2) is 0 Å². The Morgan fingerprint density at radius 1 is 1.32 bits per heavy atom. The van der Waals surface area contributed by atoms with E-state index in [0.717, 1.165) is 18.5 Å². The lowest BCUT2D eigenvalue weighted by molar-refractivity contribution is 0.0199. The van der Waals surface area contributed by atoms with E-state index < -0.39 is 0 Å². The standard InChI is InChI=1S/C15H31N3S/c1-17-8-3-5-13-12-18(9-7-15(13)17)14(11-16)6-4-10-19-2/h13-15H,3-12,16H2,1-2H3. The fourth-order valence-electron chi connectivity index (χ4n) is 3.93. The van der Waals surface area contributed by atoms with Crippen molar-refractivity contribution in [2.45, 2.75) is 44.2 Å². The minimum atomic E-state index is 0.625. The van der Waals surface area contributed by atoms with E-state index in [1.54, 1.807) is 0 Å². The molecule has 0 aromatic carbocycles. The zero-order valence-corrected chi connectivity index (χ0v) is 13.5. The largest absolute Gasteiger partial charge is 0.329 e. The number of hydrogen-bond acceptors (Lipinski definition) is 4.